The quantitative estimate of drug-likeness (QED) is 0.663. The second-order valence-electron chi connectivity index (χ2n) is 3.32. The molecule has 0 spiro atoms. The number of aromatic nitrogens is 3. The molecule has 1 aliphatic rings. The van der Waals surface area contributed by atoms with E-state index in [4.69, 9.17) is 0 Å². The minimum Gasteiger partial charge on any atom is -0.246 e. The van der Waals surface area contributed by atoms with Crippen LogP contribution in [0.4, 0.5) is 0 Å². The van der Waals surface area contributed by atoms with Gasteiger partial charge in [0.05, 0.1) is 11.4 Å². The number of hydrogen-bond acceptors (Lipinski definition) is 3. The van der Waals surface area contributed by atoms with Crippen LogP contribution in [0.1, 0.15) is 31.3 Å². The van der Waals surface area contributed by atoms with Gasteiger partial charge >= 0.3 is 0 Å². The Labute approximate surface area is 76.5 Å². The zero-order valence-electron chi connectivity index (χ0n) is 7.45. The Morgan fingerprint density at radius 3 is 3.08 bits per heavy atom. The van der Waals surface area contributed by atoms with E-state index in [2.05, 4.69) is 24.2 Å². The van der Waals surface area contributed by atoms with Crippen LogP contribution >= 0.6 is 11.8 Å². The summed E-state index contributed by atoms with van der Waals surface area (Å²) in [5.74, 6) is 2.28. The van der Waals surface area contributed by atoms with E-state index >= 15 is 0 Å². The number of thioether (sulfide) groups is 1. The fourth-order valence-electron chi connectivity index (χ4n) is 1.44. The van der Waals surface area contributed by atoms with E-state index in [9.17, 15) is 0 Å². The van der Waals surface area contributed by atoms with E-state index in [0.29, 0.717) is 6.04 Å². The molecule has 0 saturated heterocycles. The minimum atomic E-state index is 0.444. The molecule has 4 heteroatoms. The van der Waals surface area contributed by atoms with E-state index < -0.39 is 0 Å². The number of fused-ring (bicyclic) bond motifs is 1. The van der Waals surface area contributed by atoms with Crippen LogP contribution in [-0.2, 0) is 12.2 Å². The van der Waals surface area contributed by atoms with Crippen molar-refractivity contribution in [3.8, 4) is 0 Å². The second kappa shape index (κ2) is 3.09. The van der Waals surface area contributed by atoms with Gasteiger partial charge in [-0.2, -0.15) is 11.8 Å². The predicted molar refractivity (Wildman–Crippen MR) is 50.3 cm³/mol. The van der Waals surface area contributed by atoms with Gasteiger partial charge in [0, 0.05) is 18.2 Å². The van der Waals surface area contributed by atoms with Gasteiger partial charge < -0.3 is 0 Å². The highest BCUT2D eigenvalue weighted by Crippen LogP contribution is 2.24. The maximum Gasteiger partial charge on any atom is 0.0876 e. The van der Waals surface area contributed by atoms with Crippen LogP contribution in [0.3, 0.4) is 0 Å². The molecule has 0 amide bonds. The lowest BCUT2D eigenvalue weighted by molar-refractivity contribution is 0.501. The van der Waals surface area contributed by atoms with Crippen molar-refractivity contribution in [3.63, 3.8) is 0 Å². The first-order valence-electron chi connectivity index (χ1n) is 4.29. The lowest BCUT2D eigenvalue weighted by atomic mass is 10.2. The molecular weight excluding hydrogens is 170 g/mol. The molecule has 0 N–H and O–H groups in total. The lowest BCUT2D eigenvalue weighted by Crippen LogP contribution is -2.10. The van der Waals surface area contributed by atoms with Crippen molar-refractivity contribution < 1.29 is 0 Å². The molecule has 1 aromatic rings. The zero-order chi connectivity index (χ0) is 8.55. The number of aryl methyl sites for hydroxylation is 1. The first-order chi connectivity index (χ1) is 5.79. The smallest absolute Gasteiger partial charge is 0.0876 e. The first kappa shape index (κ1) is 8.10. The van der Waals surface area contributed by atoms with Gasteiger partial charge in [0.25, 0.3) is 0 Å². The Kier molecular flexibility index (Phi) is 2.09. The molecule has 0 bridgehead atoms. The van der Waals surface area contributed by atoms with Gasteiger partial charge in [-0.15, -0.1) is 5.10 Å². The van der Waals surface area contributed by atoms with Gasteiger partial charge in [-0.05, 0) is 19.6 Å². The maximum absolute atomic E-state index is 4.18. The highest BCUT2D eigenvalue weighted by Gasteiger charge is 2.17. The van der Waals surface area contributed by atoms with Crippen LogP contribution in [0.15, 0.2) is 0 Å². The summed E-state index contributed by atoms with van der Waals surface area (Å²) in [7, 11) is 0. The van der Waals surface area contributed by atoms with E-state index in [-0.39, 0.29) is 0 Å². The third-order valence-electron chi connectivity index (χ3n) is 2.08. The molecule has 0 saturated carbocycles. The summed E-state index contributed by atoms with van der Waals surface area (Å²) in [6.45, 7) is 4.29. The molecule has 1 aliphatic heterocycles. The highest BCUT2D eigenvalue weighted by atomic mass is 32.2. The number of rotatable bonds is 1. The molecule has 0 aromatic carbocycles. The van der Waals surface area contributed by atoms with Crippen LogP contribution in [0, 0.1) is 0 Å². The Hall–Kier alpha value is -0.510. The van der Waals surface area contributed by atoms with Crippen LogP contribution in [0.5, 0.6) is 0 Å². The van der Waals surface area contributed by atoms with Gasteiger partial charge in [0.2, 0.25) is 0 Å². The van der Waals surface area contributed by atoms with Crippen molar-refractivity contribution in [2.45, 2.75) is 32.1 Å². The zero-order valence-corrected chi connectivity index (χ0v) is 8.27. The van der Waals surface area contributed by atoms with Crippen LogP contribution in [-0.4, -0.2) is 20.7 Å². The normalized spacial score (nSPS) is 16.6. The molecule has 66 valence electrons. The van der Waals surface area contributed by atoms with Crippen LogP contribution in [0.25, 0.3) is 0 Å². The summed E-state index contributed by atoms with van der Waals surface area (Å²) < 4.78 is 2.04. The van der Waals surface area contributed by atoms with E-state index in [1.165, 1.54) is 17.1 Å². The van der Waals surface area contributed by atoms with Crippen molar-refractivity contribution in [2.75, 3.05) is 5.75 Å². The largest absolute Gasteiger partial charge is 0.246 e. The maximum atomic E-state index is 4.18. The summed E-state index contributed by atoms with van der Waals surface area (Å²) in [6.07, 6.45) is 1.09. The average Bonchev–Trinajstić information content (AvgIpc) is 2.47. The van der Waals surface area contributed by atoms with Crippen molar-refractivity contribution in [1.29, 1.82) is 0 Å². The van der Waals surface area contributed by atoms with Gasteiger partial charge in [0.15, 0.2) is 0 Å². The van der Waals surface area contributed by atoms with Crippen LogP contribution < -0.4 is 0 Å². The number of nitrogens with zero attached hydrogens (tertiary/aromatic N) is 3. The van der Waals surface area contributed by atoms with Crippen molar-refractivity contribution in [3.05, 3.63) is 11.4 Å². The SMILES string of the molecule is CC(C)n1nnc2c1CSCC2. The van der Waals surface area contributed by atoms with Gasteiger partial charge in [-0.25, -0.2) is 4.68 Å². The topological polar surface area (TPSA) is 30.7 Å². The third-order valence-corrected chi connectivity index (χ3v) is 3.05. The van der Waals surface area contributed by atoms with Crippen molar-refractivity contribution in [1.82, 2.24) is 15.0 Å². The average molecular weight is 183 g/mol. The fraction of sp³-hybridized carbons (Fsp3) is 0.750. The predicted octanol–water partition coefficient (Wildman–Crippen LogP) is 1.65. The monoisotopic (exact) mass is 183 g/mol. The Morgan fingerprint density at radius 2 is 2.33 bits per heavy atom. The molecule has 0 unspecified atom stereocenters. The van der Waals surface area contributed by atoms with Gasteiger partial charge in [0.1, 0.15) is 0 Å². The van der Waals surface area contributed by atoms with Gasteiger partial charge in [-0.1, -0.05) is 5.21 Å². The van der Waals surface area contributed by atoms with E-state index in [1.807, 2.05) is 16.4 Å². The Morgan fingerprint density at radius 1 is 1.50 bits per heavy atom. The molecule has 2 rings (SSSR count). The molecule has 0 aliphatic carbocycles. The second-order valence-corrected chi connectivity index (χ2v) is 4.43. The van der Waals surface area contributed by atoms with Crippen LogP contribution in [0.2, 0.25) is 0 Å². The summed E-state index contributed by atoms with van der Waals surface area (Å²) >= 11 is 1.97. The van der Waals surface area contributed by atoms with E-state index in [0.717, 1.165) is 12.2 Å². The standard InChI is InChI=1S/C8H13N3S/c1-6(2)11-8-5-12-4-3-7(8)9-10-11/h6H,3-5H2,1-2H3. The molecule has 0 radical (unpaired) electrons. The molecular formula is C8H13N3S. The first-order valence-corrected chi connectivity index (χ1v) is 5.45. The lowest BCUT2D eigenvalue weighted by Gasteiger charge is -2.13. The van der Waals surface area contributed by atoms with Crippen molar-refractivity contribution in [2.24, 2.45) is 0 Å². The Balaban J connectivity index is 2.38. The van der Waals surface area contributed by atoms with E-state index in [1.54, 1.807) is 0 Å². The number of hydrogen-bond donors (Lipinski definition) is 0. The minimum absolute atomic E-state index is 0.444. The molecule has 2 heterocycles. The third kappa shape index (κ3) is 1.24. The Bertz CT molecular complexity index is 280. The highest BCUT2D eigenvalue weighted by molar-refractivity contribution is 7.98. The molecule has 0 atom stereocenters. The molecule has 12 heavy (non-hydrogen) atoms. The summed E-state index contributed by atoms with van der Waals surface area (Å²) in [5.41, 5.74) is 2.55. The summed E-state index contributed by atoms with van der Waals surface area (Å²) in [5, 5.41) is 8.33. The molecule has 3 nitrogen and oxygen atoms in total. The summed E-state index contributed by atoms with van der Waals surface area (Å²) in [6, 6.07) is 0.444. The fourth-order valence-corrected chi connectivity index (χ4v) is 2.42. The summed E-state index contributed by atoms with van der Waals surface area (Å²) in [4.78, 5) is 0. The van der Waals surface area contributed by atoms with Gasteiger partial charge in [-0.3, -0.25) is 0 Å². The van der Waals surface area contributed by atoms with Crippen molar-refractivity contribution >= 4 is 11.8 Å². The molecule has 0 fully saturated rings. The molecule has 1 aromatic heterocycles.